The normalized spacial score (nSPS) is 21.2. The van der Waals surface area contributed by atoms with Crippen molar-refractivity contribution in [2.24, 2.45) is 11.3 Å². The van der Waals surface area contributed by atoms with Crippen molar-refractivity contribution in [3.63, 3.8) is 0 Å². The molecule has 2 aliphatic rings. The molecule has 1 fully saturated rings. The van der Waals surface area contributed by atoms with E-state index in [0.717, 1.165) is 12.2 Å². The van der Waals surface area contributed by atoms with Crippen molar-refractivity contribution in [2.45, 2.75) is 33.1 Å². The number of ether oxygens (including phenoxy) is 1. The zero-order valence-corrected chi connectivity index (χ0v) is 15.8. The monoisotopic (exact) mass is 368 g/mol. The van der Waals surface area contributed by atoms with Gasteiger partial charge in [0.05, 0.1) is 18.5 Å². The molecule has 2 aromatic rings. The van der Waals surface area contributed by atoms with Crippen molar-refractivity contribution in [3.05, 3.63) is 42.4 Å². The number of hydrogen-bond acceptors (Lipinski definition) is 4. The number of nitrogens with zero attached hydrogens (tertiary/aromatic N) is 1. The fourth-order valence-corrected chi connectivity index (χ4v) is 3.45. The molecule has 0 bridgehead atoms. The molecule has 27 heavy (non-hydrogen) atoms. The Kier molecular flexibility index (Phi) is 4.21. The summed E-state index contributed by atoms with van der Waals surface area (Å²) < 4.78 is 11.1. The van der Waals surface area contributed by atoms with E-state index in [0.29, 0.717) is 30.3 Å². The minimum atomic E-state index is -0.488. The molecule has 1 aliphatic carbocycles. The van der Waals surface area contributed by atoms with Gasteiger partial charge in [-0.1, -0.05) is 20.8 Å². The predicted molar refractivity (Wildman–Crippen MR) is 102 cm³/mol. The molecule has 2 amide bonds. The Morgan fingerprint density at radius 3 is 2.74 bits per heavy atom. The van der Waals surface area contributed by atoms with E-state index in [9.17, 15) is 9.59 Å². The van der Waals surface area contributed by atoms with Gasteiger partial charge >= 0.3 is 0 Å². The van der Waals surface area contributed by atoms with Crippen molar-refractivity contribution in [3.8, 4) is 5.75 Å². The van der Waals surface area contributed by atoms with Crippen LogP contribution in [0.1, 0.15) is 38.9 Å². The molecule has 1 saturated carbocycles. The second-order valence-corrected chi connectivity index (χ2v) is 8.19. The van der Waals surface area contributed by atoms with E-state index >= 15 is 0 Å². The summed E-state index contributed by atoms with van der Waals surface area (Å²) in [5.41, 5.74) is 0.886. The maximum Gasteiger partial charge on any atom is 0.232 e. The lowest BCUT2D eigenvalue weighted by molar-refractivity contribution is -0.126. The first-order chi connectivity index (χ1) is 12.8. The SMILES string of the molecule is CC(C)(C)C(=O)N1CCOc2ccc(NC(=O)[C@@H]3C[C@@H]3c3ccco3)cc21. The summed E-state index contributed by atoms with van der Waals surface area (Å²) in [6.45, 7) is 6.67. The van der Waals surface area contributed by atoms with Crippen molar-refractivity contribution < 1.29 is 18.7 Å². The first kappa shape index (κ1) is 17.6. The standard InChI is InChI=1S/C21H24N2O4/c1-21(2,3)20(25)23-8-10-27-18-7-6-13(11-16(18)23)22-19(24)15-12-14(15)17-5-4-9-26-17/h4-7,9,11,14-15H,8,10,12H2,1-3H3,(H,22,24)/t14-,15+/m0/s1. The Labute approximate surface area is 158 Å². The fourth-order valence-electron chi connectivity index (χ4n) is 3.45. The van der Waals surface area contributed by atoms with Crippen molar-refractivity contribution in [1.82, 2.24) is 0 Å². The lowest BCUT2D eigenvalue weighted by Gasteiger charge is -2.34. The van der Waals surface area contributed by atoms with Gasteiger partial charge in [0.1, 0.15) is 18.1 Å². The largest absolute Gasteiger partial charge is 0.490 e. The molecule has 0 spiro atoms. The minimum Gasteiger partial charge on any atom is -0.490 e. The van der Waals surface area contributed by atoms with E-state index in [1.807, 2.05) is 51.1 Å². The highest BCUT2D eigenvalue weighted by atomic mass is 16.5. The van der Waals surface area contributed by atoms with Gasteiger partial charge in [0.2, 0.25) is 11.8 Å². The maximum absolute atomic E-state index is 12.8. The lowest BCUT2D eigenvalue weighted by Crippen LogP contribution is -2.44. The Balaban J connectivity index is 1.50. The summed E-state index contributed by atoms with van der Waals surface area (Å²) in [5, 5.41) is 2.97. The number of anilines is 2. The van der Waals surface area contributed by atoms with Gasteiger partial charge in [-0.25, -0.2) is 0 Å². The molecule has 1 aromatic carbocycles. The van der Waals surface area contributed by atoms with Gasteiger partial charge in [0, 0.05) is 22.9 Å². The van der Waals surface area contributed by atoms with Gasteiger partial charge in [0.15, 0.2) is 0 Å². The van der Waals surface area contributed by atoms with Crippen molar-refractivity contribution >= 4 is 23.2 Å². The zero-order chi connectivity index (χ0) is 19.2. The number of carbonyl (C=O) groups excluding carboxylic acids is 2. The first-order valence-electron chi connectivity index (χ1n) is 9.27. The van der Waals surface area contributed by atoms with Gasteiger partial charge in [-0.3, -0.25) is 9.59 Å². The van der Waals surface area contributed by atoms with Gasteiger partial charge in [-0.05, 0) is 36.8 Å². The zero-order valence-electron chi connectivity index (χ0n) is 15.8. The van der Waals surface area contributed by atoms with Crippen LogP contribution in [0.4, 0.5) is 11.4 Å². The number of carbonyl (C=O) groups is 2. The Morgan fingerprint density at radius 2 is 2.04 bits per heavy atom. The number of furan rings is 1. The van der Waals surface area contributed by atoms with Crippen LogP contribution in [0.2, 0.25) is 0 Å². The van der Waals surface area contributed by atoms with E-state index < -0.39 is 5.41 Å². The van der Waals surface area contributed by atoms with Crippen LogP contribution in [-0.2, 0) is 9.59 Å². The number of hydrogen-bond donors (Lipinski definition) is 1. The second-order valence-electron chi connectivity index (χ2n) is 8.19. The molecule has 1 aliphatic heterocycles. The lowest BCUT2D eigenvalue weighted by atomic mass is 9.94. The number of amides is 2. The molecule has 1 aromatic heterocycles. The summed E-state index contributed by atoms with van der Waals surface area (Å²) >= 11 is 0. The highest BCUT2D eigenvalue weighted by Gasteiger charge is 2.46. The highest BCUT2D eigenvalue weighted by Crippen LogP contribution is 2.48. The summed E-state index contributed by atoms with van der Waals surface area (Å²) in [5.74, 6) is 1.61. The third kappa shape index (κ3) is 3.44. The van der Waals surface area contributed by atoms with E-state index in [4.69, 9.17) is 9.15 Å². The molecule has 2 atom stereocenters. The van der Waals surface area contributed by atoms with E-state index in [-0.39, 0.29) is 23.7 Å². The number of fused-ring (bicyclic) bond motifs is 1. The molecule has 4 rings (SSSR count). The highest BCUT2D eigenvalue weighted by molar-refractivity contribution is 6.00. The van der Waals surface area contributed by atoms with Crippen molar-refractivity contribution in [1.29, 1.82) is 0 Å². The average molecular weight is 368 g/mol. The molecule has 0 saturated heterocycles. The van der Waals surface area contributed by atoms with Gasteiger partial charge in [0.25, 0.3) is 0 Å². The number of nitrogens with one attached hydrogen (secondary N) is 1. The molecule has 1 N–H and O–H groups in total. The molecule has 6 heteroatoms. The maximum atomic E-state index is 12.8. The molecular formula is C21H24N2O4. The Hall–Kier alpha value is -2.76. The molecule has 0 radical (unpaired) electrons. The molecule has 0 unspecified atom stereocenters. The molecule has 6 nitrogen and oxygen atoms in total. The number of rotatable bonds is 3. The Bertz CT molecular complexity index is 867. The van der Waals surface area contributed by atoms with Crippen LogP contribution in [0.5, 0.6) is 5.75 Å². The number of benzene rings is 1. The van der Waals surface area contributed by atoms with Crippen LogP contribution < -0.4 is 15.0 Å². The summed E-state index contributed by atoms with van der Waals surface area (Å²) in [4.78, 5) is 27.1. The molecule has 2 heterocycles. The summed E-state index contributed by atoms with van der Waals surface area (Å²) in [6, 6.07) is 9.19. The first-order valence-corrected chi connectivity index (χ1v) is 9.27. The van der Waals surface area contributed by atoms with Crippen molar-refractivity contribution in [2.75, 3.05) is 23.4 Å². The summed E-state index contributed by atoms with van der Waals surface area (Å²) in [6.07, 6.45) is 2.43. The quantitative estimate of drug-likeness (QED) is 0.895. The van der Waals surface area contributed by atoms with Crippen LogP contribution >= 0.6 is 0 Å². The van der Waals surface area contributed by atoms with E-state index in [1.165, 1.54) is 0 Å². The van der Waals surface area contributed by atoms with Crippen LogP contribution in [-0.4, -0.2) is 25.0 Å². The van der Waals surface area contributed by atoms with Crippen LogP contribution in [0.3, 0.4) is 0 Å². The van der Waals surface area contributed by atoms with Crippen LogP contribution in [0, 0.1) is 11.3 Å². The average Bonchev–Trinajstić information content (AvgIpc) is 3.25. The molecular weight excluding hydrogens is 344 g/mol. The third-order valence-corrected chi connectivity index (χ3v) is 5.01. The van der Waals surface area contributed by atoms with Gasteiger partial charge in [-0.15, -0.1) is 0 Å². The topological polar surface area (TPSA) is 71.8 Å². The van der Waals surface area contributed by atoms with Crippen LogP contribution in [0.15, 0.2) is 41.0 Å². The predicted octanol–water partition coefficient (Wildman–Crippen LogP) is 3.79. The van der Waals surface area contributed by atoms with E-state index in [1.54, 1.807) is 11.2 Å². The smallest absolute Gasteiger partial charge is 0.232 e. The Morgan fingerprint density at radius 1 is 1.22 bits per heavy atom. The fraction of sp³-hybridized carbons (Fsp3) is 0.429. The van der Waals surface area contributed by atoms with Gasteiger partial charge < -0.3 is 19.4 Å². The molecule has 142 valence electrons. The minimum absolute atomic E-state index is 0.0261. The van der Waals surface area contributed by atoms with Gasteiger partial charge in [-0.2, -0.15) is 0 Å². The third-order valence-electron chi connectivity index (χ3n) is 5.01. The van der Waals surface area contributed by atoms with Crippen LogP contribution in [0.25, 0.3) is 0 Å². The van der Waals surface area contributed by atoms with E-state index in [2.05, 4.69) is 5.32 Å². The second kappa shape index (κ2) is 6.44. The summed E-state index contributed by atoms with van der Waals surface area (Å²) in [7, 11) is 0.